The van der Waals surface area contributed by atoms with Crippen molar-refractivity contribution in [1.29, 1.82) is 0 Å². The second-order valence-corrected chi connectivity index (χ2v) is 8.23. The number of imidazole rings is 1. The highest BCUT2D eigenvalue weighted by atomic mass is 32.2. The number of sulfonamides is 1. The number of rotatable bonds is 5. The molecule has 1 aliphatic heterocycles. The number of benzene rings is 1. The molecule has 144 valence electrons. The number of carbonyl (C=O) groups excluding carboxylic acids is 1. The van der Waals surface area contributed by atoms with Gasteiger partial charge in [-0.15, -0.1) is 0 Å². The lowest BCUT2D eigenvalue weighted by molar-refractivity contribution is 0.0933. The number of ether oxygens (including phenoxy) is 2. The van der Waals surface area contributed by atoms with Crippen molar-refractivity contribution in [2.45, 2.75) is 36.2 Å². The first-order valence-corrected chi connectivity index (χ1v) is 10.2. The summed E-state index contributed by atoms with van der Waals surface area (Å²) in [5.41, 5.74) is 0.382. The molecule has 0 unspecified atom stereocenters. The van der Waals surface area contributed by atoms with Crippen molar-refractivity contribution in [3.63, 3.8) is 0 Å². The summed E-state index contributed by atoms with van der Waals surface area (Å²) >= 11 is 0. The zero-order chi connectivity index (χ0) is 18.9. The molecule has 2 heterocycles. The normalized spacial score (nSPS) is 21.8. The van der Waals surface area contributed by atoms with Gasteiger partial charge in [0.1, 0.15) is 23.8 Å². The van der Waals surface area contributed by atoms with Gasteiger partial charge in [0.15, 0.2) is 11.5 Å². The number of para-hydroxylation sites is 1. The Morgan fingerprint density at radius 2 is 2.00 bits per heavy atom. The van der Waals surface area contributed by atoms with Crippen molar-refractivity contribution in [2.24, 2.45) is 0 Å². The van der Waals surface area contributed by atoms with Crippen LogP contribution in [0.1, 0.15) is 29.8 Å². The molecular formula is C17H20N4O5S. The van der Waals surface area contributed by atoms with Gasteiger partial charge in [-0.05, 0) is 31.4 Å². The van der Waals surface area contributed by atoms with Crippen molar-refractivity contribution < 1.29 is 22.7 Å². The lowest BCUT2D eigenvalue weighted by atomic mass is 10.2. The van der Waals surface area contributed by atoms with E-state index in [1.165, 1.54) is 18.6 Å². The molecule has 2 aromatic rings. The van der Waals surface area contributed by atoms with E-state index in [4.69, 9.17) is 9.47 Å². The fraction of sp³-hybridized carbons (Fsp3) is 0.412. The molecule has 0 spiro atoms. The number of hydrogen-bond donors (Lipinski definition) is 3. The van der Waals surface area contributed by atoms with Gasteiger partial charge < -0.3 is 19.8 Å². The summed E-state index contributed by atoms with van der Waals surface area (Å²) in [5, 5.41) is 2.90. The topological polar surface area (TPSA) is 122 Å². The number of nitrogens with one attached hydrogen (secondary N) is 3. The summed E-state index contributed by atoms with van der Waals surface area (Å²) in [5.74, 6) is 0.433. The van der Waals surface area contributed by atoms with Gasteiger partial charge in [0.25, 0.3) is 5.91 Å². The minimum Gasteiger partial charge on any atom is -0.486 e. The molecule has 27 heavy (non-hydrogen) atoms. The van der Waals surface area contributed by atoms with Crippen molar-refractivity contribution in [3.05, 3.63) is 36.4 Å². The first kappa shape index (κ1) is 17.8. The average molecular weight is 392 g/mol. The van der Waals surface area contributed by atoms with Crippen molar-refractivity contribution in [3.8, 4) is 11.5 Å². The number of aromatic nitrogens is 2. The third-order valence-electron chi connectivity index (χ3n) is 4.65. The number of carbonyl (C=O) groups is 1. The van der Waals surface area contributed by atoms with Gasteiger partial charge in [-0.2, -0.15) is 0 Å². The number of H-pyrrole nitrogens is 1. The molecule has 1 aliphatic carbocycles. The summed E-state index contributed by atoms with van der Waals surface area (Å²) in [6.07, 6.45) is 4.74. The van der Waals surface area contributed by atoms with Crippen LogP contribution in [0.25, 0.3) is 0 Å². The molecule has 2 atom stereocenters. The first-order valence-electron chi connectivity index (χ1n) is 8.73. The second kappa shape index (κ2) is 7.20. The molecule has 1 fully saturated rings. The van der Waals surface area contributed by atoms with Gasteiger partial charge in [0.2, 0.25) is 10.0 Å². The Morgan fingerprint density at radius 1 is 1.19 bits per heavy atom. The van der Waals surface area contributed by atoms with E-state index in [0.29, 0.717) is 43.9 Å². The number of fused-ring (bicyclic) bond motifs is 1. The minimum absolute atomic E-state index is 0.0737. The van der Waals surface area contributed by atoms with Crippen LogP contribution < -0.4 is 19.5 Å². The van der Waals surface area contributed by atoms with Gasteiger partial charge in [-0.1, -0.05) is 6.07 Å². The molecule has 0 radical (unpaired) electrons. The predicted molar refractivity (Wildman–Crippen MR) is 95.2 cm³/mol. The molecule has 1 aromatic heterocycles. The smallest absolute Gasteiger partial charge is 0.269 e. The number of amides is 1. The van der Waals surface area contributed by atoms with Crippen molar-refractivity contribution in [1.82, 2.24) is 20.0 Å². The first-order chi connectivity index (χ1) is 13.0. The average Bonchev–Trinajstić information content (AvgIpc) is 3.33. The predicted octanol–water partition coefficient (Wildman–Crippen LogP) is 0.810. The van der Waals surface area contributed by atoms with E-state index in [-0.39, 0.29) is 28.6 Å². The highest BCUT2D eigenvalue weighted by Gasteiger charge is 2.32. The number of nitrogens with zero attached hydrogens (tertiary/aromatic N) is 1. The van der Waals surface area contributed by atoms with E-state index < -0.39 is 10.0 Å². The molecule has 1 aromatic carbocycles. The van der Waals surface area contributed by atoms with E-state index in [9.17, 15) is 13.2 Å². The van der Waals surface area contributed by atoms with E-state index in [1.807, 2.05) is 0 Å². The molecule has 2 aliphatic rings. The van der Waals surface area contributed by atoms with Crippen LogP contribution >= 0.6 is 0 Å². The molecule has 0 bridgehead atoms. The number of aromatic amines is 1. The van der Waals surface area contributed by atoms with Crippen LogP contribution in [0.4, 0.5) is 0 Å². The summed E-state index contributed by atoms with van der Waals surface area (Å²) in [4.78, 5) is 18.7. The summed E-state index contributed by atoms with van der Waals surface area (Å²) < 4.78 is 39.3. The lowest BCUT2D eigenvalue weighted by Crippen LogP contribution is -2.37. The standard InChI is InChI=1S/C17H20N4O5S/c22-17(13-9-18-10-19-13)20-11-4-5-12(8-11)21-27(23,24)15-3-1-2-14-16(15)26-7-6-25-14/h1-3,9-12,21H,4-8H2,(H,18,19)(H,20,22)/t11-,12+/m0/s1. The number of hydrogen-bond acceptors (Lipinski definition) is 6. The Labute approximate surface area is 156 Å². The lowest BCUT2D eigenvalue weighted by Gasteiger charge is -2.22. The molecule has 9 nitrogen and oxygen atoms in total. The Morgan fingerprint density at radius 3 is 2.81 bits per heavy atom. The van der Waals surface area contributed by atoms with Crippen LogP contribution in [0.3, 0.4) is 0 Å². The largest absolute Gasteiger partial charge is 0.486 e. The van der Waals surface area contributed by atoms with Crippen molar-refractivity contribution in [2.75, 3.05) is 13.2 Å². The molecule has 4 rings (SSSR count). The fourth-order valence-corrected chi connectivity index (χ4v) is 4.85. The molecule has 0 saturated heterocycles. The fourth-order valence-electron chi connectivity index (χ4n) is 3.40. The third-order valence-corrected chi connectivity index (χ3v) is 6.20. The van der Waals surface area contributed by atoms with Gasteiger partial charge in [-0.25, -0.2) is 18.1 Å². The maximum Gasteiger partial charge on any atom is 0.269 e. The molecule has 1 amide bonds. The van der Waals surface area contributed by atoms with Crippen molar-refractivity contribution >= 4 is 15.9 Å². The van der Waals surface area contributed by atoms with E-state index in [0.717, 1.165) is 0 Å². The van der Waals surface area contributed by atoms with E-state index >= 15 is 0 Å². The Hall–Kier alpha value is -2.59. The van der Waals surface area contributed by atoms with Gasteiger partial charge in [-0.3, -0.25) is 4.79 Å². The van der Waals surface area contributed by atoms with Crippen LogP contribution in [0.2, 0.25) is 0 Å². The molecule has 10 heteroatoms. The zero-order valence-corrected chi connectivity index (χ0v) is 15.3. The monoisotopic (exact) mass is 392 g/mol. The molecule has 1 saturated carbocycles. The second-order valence-electron chi connectivity index (χ2n) is 6.55. The van der Waals surface area contributed by atoms with E-state index in [1.54, 1.807) is 12.1 Å². The maximum atomic E-state index is 12.8. The zero-order valence-electron chi connectivity index (χ0n) is 14.5. The van der Waals surface area contributed by atoms with E-state index in [2.05, 4.69) is 20.0 Å². The van der Waals surface area contributed by atoms with Crippen LogP contribution in [-0.4, -0.2) is 49.6 Å². The van der Waals surface area contributed by atoms with Crippen LogP contribution in [0, 0.1) is 0 Å². The van der Waals surface area contributed by atoms with Crippen LogP contribution in [-0.2, 0) is 10.0 Å². The van der Waals surface area contributed by atoms with Crippen LogP contribution in [0.15, 0.2) is 35.6 Å². The summed E-state index contributed by atoms with van der Waals surface area (Å²) in [7, 11) is -3.76. The Kier molecular flexibility index (Phi) is 4.75. The van der Waals surface area contributed by atoms with Gasteiger partial charge >= 0.3 is 0 Å². The highest BCUT2D eigenvalue weighted by molar-refractivity contribution is 7.89. The quantitative estimate of drug-likeness (QED) is 0.692. The minimum atomic E-state index is -3.76. The van der Waals surface area contributed by atoms with Gasteiger partial charge in [0.05, 0.1) is 12.5 Å². The van der Waals surface area contributed by atoms with Gasteiger partial charge in [0, 0.05) is 12.1 Å². The SMILES string of the molecule is O=C(N[C@H]1CC[C@@H](NS(=O)(=O)c2cccc3c2OCCO3)C1)c1cnc[nH]1. The molecule has 3 N–H and O–H groups in total. The van der Waals surface area contributed by atoms with Crippen LogP contribution in [0.5, 0.6) is 11.5 Å². The Bertz CT molecular complexity index is 929. The maximum absolute atomic E-state index is 12.8. The highest BCUT2D eigenvalue weighted by Crippen LogP contribution is 2.36. The third kappa shape index (κ3) is 3.76. The molecular weight excluding hydrogens is 372 g/mol. The summed E-state index contributed by atoms with van der Waals surface area (Å²) in [6, 6.07) is 4.46. The Balaban J connectivity index is 1.42. The summed E-state index contributed by atoms with van der Waals surface area (Å²) in [6.45, 7) is 0.703.